The van der Waals surface area contributed by atoms with Crippen LogP contribution in [0.3, 0.4) is 0 Å². The zero-order chi connectivity index (χ0) is 21.2. The second-order valence-corrected chi connectivity index (χ2v) is 9.23. The Morgan fingerprint density at radius 2 is 1.81 bits per heavy atom. The molecule has 0 unspecified atom stereocenters. The van der Waals surface area contributed by atoms with Crippen molar-refractivity contribution in [1.29, 1.82) is 0 Å². The van der Waals surface area contributed by atoms with E-state index in [1.807, 2.05) is 12.1 Å². The fraction of sp³-hybridized carbons (Fsp3) is 0.462. The number of non-ortho nitro benzene ring substituents is 1. The van der Waals surface area contributed by atoms with Crippen LogP contribution in [0, 0.1) is 10.1 Å². The molecule has 1 saturated carbocycles. The molecule has 3 aromatic rings. The van der Waals surface area contributed by atoms with Crippen LogP contribution in [0.1, 0.15) is 79.3 Å². The molecule has 2 aliphatic rings. The van der Waals surface area contributed by atoms with E-state index in [0.29, 0.717) is 6.04 Å². The Kier molecular flexibility index (Phi) is 5.77. The lowest BCUT2D eigenvalue weighted by Crippen LogP contribution is -2.27. The van der Waals surface area contributed by atoms with Gasteiger partial charge in [-0.25, -0.2) is 0 Å². The van der Waals surface area contributed by atoms with Crippen LogP contribution < -0.4 is 5.32 Å². The van der Waals surface area contributed by atoms with E-state index in [4.69, 9.17) is 0 Å². The highest BCUT2D eigenvalue weighted by atomic mass is 16.6. The normalized spacial score (nSPS) is 19.4. The maximum atomic E-state index is 10.8. The minimum Gasteiger partial charge on any atom is -0.357 e. The molecule has 0 amide bonds. The van der Waals surface area contributed by atoms with Crippen LogP contribution in [0.4, 0.5) is 5.69 Å². The number of benzene rings is 2. The number of aromatic nitrogens is 1. The number of H-pyrrole nitrogens is 1. The van der Waals surface area contributed by atoms with E-state index in [-0.39, 0.29) is 10.6 Å². The quantitative estimate of drug-likeness (QED) is 0.363. The summed E-state index contributed by atoms with van der Waals surface area (Å²) in [6.45, 7) is 0.866. The number of nitro groups is 1. The van der Waals surface area contributed by atoms with E-state index in [9.17, 15) is 10.1 Å². The number of aryl methyl sites for hydroxylation is 1. The summed E-state index contributed by atoms with van der Waals surface area (Å²) in [5.41, 5.74) is 6.95. The topological polar surface area (TPSA) is 71.0 Å². The highest BCUT2D eigenvalue weighted by molar-refractivity contribution is 5.86. The van der Waals surface area contributed by atoms with Gasteiger partial charge in [0, 0.05) is 34.8 Å². The molecule has 0 aliphatic heterocycles. The van der Waals surface area contributed by atoms with Gasteiger partial charge < -0.3 is 10.3 Å². The molecule has 162 valence electrons. The van der Waals surface area contributed by atoms with Crippen LogP contribution in [-0.4, -0.2) is 16.5 Å². The molecule has 0 spiro atoms. The number of nitrogens with zero attached hydrogens (tertiary/aromatic N) is 1. The monoisotopic (exact) mass is 417 g/mol. The number of fused-ring (bicyclic) bond motifs is 3. The van der Waals surface area contributed by atoms with Gasteiger partial charge in [0.1, 0.15) is 0 Å². The highest BCUT2D eigenvalue weighted by Gasteiger charge is 2.25. The van der Waals surface area contributed by atoms with Crippen molar-refractivity contribution in [3.8, 4) is 0 Å². The molecule has 2 aromatic carbocycles. The lowest BCUT2D eigenvalue weighted by molar-refractivity contribution is -0.384. The van der Waals surface area contributed by atoms with Crippen molar-refractivity contribution in [2.45, 2.75) is 69.7 Å². The SMILES string of the molecule is O=[N+]([O-])c1ccc(CCN[C@@H]2CCCc3c2[nH]c2ccc(C4CCCCC4)cc32)cc1. The minimum absolute atomic E-state index is 0.152. The van der Waals surface area contributed by atoms with E-state index >= 15 is 0 Å². The molecular weight excluding hydrogens is 386 g/mol. The van der Waals surface area contributed by atoms with Crippen LogP contribution in [0.5, 0.6) is 0 Å². The maximum absolute atomic E-state index is 10.8. The third-order valence-corrected chi connectivity index (χ3v) is 7.26. The Hall–Kier alpha value is -2.66. The fourth-order valence-electron chi connectivity index (χ4n) is 5.55. The molecule has 5 nitrogen and oxygen atoms in total. The Balaban J connectivity index is 1.29. The molecule has 0 radical (unpaired) electrons. The number of hydrogen-bond donors (Lipinski definition) is 2. The third-order valence-electron chi connectivity index (χ3n) is 7.26. The molecule has 1 aromatic heterocycles. The molecule has 5 rings (SSSR count). The van der Waals surface area contributed by atoms with Gasteiger partial charge in [-0.05, 0) is 79.8 Å². The average molecular weight is 418 g/mol. The lowest BCUT2D eigenvalue weighted by Gasteiger charge is -2.24. The summed E-state index contributed by atoms with van der Waals surface area (Å²) in [6.07, 6.45) is 11.2. The second kappa shape index (κ2) is 8.83. The van der Waals surface area contributed by atoms with Gasteiger partial charge in [-0.15, -0.1) is 0 Å². The van der Waals surface area contributed by atoms with E-state index < -0.39 is 0 Å². The molecule has 1 fully saturated rings. The van der Waals surface area contributed by atoms with Gasteiger partial charge >= 0.3 is 0 Å². The van der Waals surface area contributed by atoms with E-state index in [2.05, 4.69) is 28.5 Å². The fourth-order valence-corrected chi connectivity index (χ4v) is 5.55. The van der Waals surface area contributed by atoms with E-state index in [0.717, 1.165) is 37.3 Å². The van der Waals surface area contributed by atoms with Crippen molar-refractivity contribution in [2.24, 2.45) is 0 Å². The van der Waals surface area contributed by atoms with Crippen LogP contribution in [0.2, 0.25) is 0 Å². The third kappa shape index (κ3) is 4.24. The van der Waals surface area contributed by atoms with Gasteiger partial charge in [0.2, 0.25) is 0 Å². The molecule has 5 heteroatoms. The second-order valence-electron chi connectivity index (χ2n) is 9.23. The predicted octanol–water partition coefficient (Wildman–Crippen LogP) is 6.33. The summed E-state index contributed by atoms with van der Waals surface area (Å²) in [7, 11) is 0. The summed E-state index contributed by atoms with van der Waals surface area (Å²) in [5, 5.41) is 16.0. The largest absolute Gasteiger partial charge is 0.357 e. The lowest BCUT2D eigenvalue weighted by atomic mass is 9.83. The zero-order valence-electron chi connectivity index (χ0n) is 18.0. The van der Waals surface area contributed by atoms with E-state index in [1.54, 1.807) is 12.1 Å². The minimum atomic E-state index is -0.346. The van der Waals surface area contributed by atoms with Gasteiger partial charge in [-0.1, -0.05) is 37.5 Å². The van der Waals surface area contributed by atoms with Gasteiger partial charge in [0.15, 0.2) is 0 Å². The first-order valence-corrected chi connectivity index (χ1v) is 11.8. The number of nitro benzene ring substituents is 1. The van der Waals surface area contributed by atoms with Crippen molar-refractivity contribution >= 4 is 16.6 Å². The van der Waals surface area contributed by atoms with Gasteiger partial charge in [0.05, 0.1) is 4.92 Å². The Bertz CT molecular complexity index is 1060. The van der Waals surface area contributed by atoms with E-state index in [1.165, 1.54) is 66.2 Å². The molecule has 0 saturated heterocycles. The molecule has 1 heterocycles. The number of nitrogens with one attached hydrogen (secondary N) is 2. The molecule has 2 N–H and O–H groups in total. The number of aromatic amines is 1. The van der Waals surface area contributed by atoms with Crippen LogP contribution >= 0.6 is 0 Å². The molecule has 0 bridgehead atoms. The van der Waals surface area contributed by atoms with Gasteiger partial charge in [-0.3, -0.25) is 10.1 Å². The van der Waals surface area contributed by atoms with Crippen molar-refractivity contribution in [3.63, 3.8) is 0 Å². The van der Waals surface area contributed by atoms with Crippen molar-refractivity contribution in [1.82, 2.24) is 10.3 Å². The molecule has 1 atom stereocenters. The standard InChI is InChI=1S/C26H31N3O2/c30-29(31)21-12-9-18(10-13-21)15-16-27-25-8-4-7-22-23-17-20(19-5-2-1-3-6-19)11-14-24(23)28-26(22)25/h9-14,17,19,25,27-28H,1-8,15-16H2/t25-/m1/s1. The Labute approximate surface area is 183 Å². The molecule has 2 aliphatic carbocycles. The Morgan fingerprint density at radius 1 is 1.00 bits per heavy atom. The van der Waals surface area contributed by atoms with Crippen molar-refractivity contribution in [2.75, 3.05) is 6.54 Å². The predicted molar refractivity (Wildman–Crippen MR) is 125 cm³/mol. The summed E-state index contributed by atoms with van der Waals surface area (Å²) >= 11 is 0. The summed E-state index contributed by atoms with van der Waals surface area (Å²) in [5.74, 6) is 0.739. The van der Waals surface area contributed by atoms with Crippen LogP contribution in [-0.2, 0) is 12.8 Å². The first-order valence-electron chi connectivity index (χ1n) is 11.8. The summed E-state index contributed by atoms with van der Waals surface area (Å²) < 4.78 is 0. The van der Waals surface area contributed by atoms with Gasteiger partial charge in [0.25, 0.3) is 5.69 Å². The Morgan fingerprint density at radius 3 is 2.58 bits per heavy atom. The van der Waals surface area contributed by atoms with Crippen LogP contribution in [0.25, 0.3) is 10.9 Å². The molecular formula is C26H31N3O2. The van der Waals surface area contributed by atoms with Gasteiger partial charge in [-0.2, -0.15) is 0 Å². The highest BCUT2D eigenvalue weighted by Crippen LogP contribution is 2.38. The average Bonchev–Trinajstić information content (AvgIpc) is 3.19. The van der Waals surface area contributed by atoms with Crippen molar-refractivity contribution < 1.29 is 4.92 Å². The first kappa shape index (κ1) is 20.3. The number of hydrogen-bond acceptors (Lipinski definition) is 3. The summed E-state index contributed by atoms with van der Waals surface area (Å²) in [4.78, 5) is 14.2. The summed E-state index contributed by atoms with van der Waals surface area (Å²) in [6, 6.07) is 14.4. The van der Waals surface area contributed by atoms with Crippen LogP contribution in [0.15, 0.2) is 42.5 Å². The smallest absolute Gasteiger partial charge is 0.269 e. The first-order chi connectivity index (χ1) is 15.2. The van der Waals surface area contributed by atoms with Crippen molar-refractivity contribution in [3.05, 3.63) is 75.0 Å². The molecule has 31 heavy (non-hydrogen) atoms. The maximum Gasteiger partial charge on any atom is 0.269 e. The number of rotatable bonds is 6. The zero-order valence-corrected chi connectivity index (χ0v) is 18.0.